The fourth-order valence-electron chi connectivity index (χ4n) is 7.20. The van der Waals surface area contributed by atoms with Crippen LogP contribution in [0.5, 0.6) is 0 Å². The van der Waals surface area contributed by atoms with Gasteiger partial charge in [0, 0.05) is 47.8 Å². The molecule has 224 valence electrons. The van der Waals surface area contributed by atoms with Gasteiger partial charge in [0.1, 0.15) is 0 Å². The Morgan fingerprint density at radius 2 is 1.02 bits per heavy atom. The highest BCUT2D eigenvalue weighted by Crippen LogP contribution is 2.41. The molecule has 3 aromatic heterocycles. The summed E-state index contributed by atoms with van der Waals surface area (Å²) in [4.78, 5) is 10.5. The second kappa shape index (κ2) is 10.7. The molecule has 10 aromatic rings. The lowest BCUT2D eigenvalue weighted by atomic mass is 9.96. The molecule has 3 nitrogen and oxygen atoms in total. The van der Waals surface area contributed by atoms with Crippen molar-refractivity contribution < 1.29 is 0 Å². The highest BCUT2D eigenvalue weighted by Gasteiger charge is 2.18. The van der Waals surface area contributed by atoms with Gasteiger partial charge in [-0.1, -0.05) is 115 Å². The minimum Gasteiger partial charge on any atom is -0.309 e. The normalized spacial score (nSPS) is 11.8. The van der Waals surface area contributed by atoms with E-state index in [4.69, 9.17) is 9.97 Å². The van der Waals surface area contributed by atoms with Gasteiger partial charge in [0.15, 0.2) is 0 Å². The third kappa shape index (κ3) is 4.20. The summed E-state index contributed by atoms with van der Waals surface area (Å²) in [6.45, 7) is 0. The van der Waals surface area contributed by atoms with Gasteiger partial charge < -0.3 is 4.57 Å². The number of fused-ring (bicyclic) bond motifs is 7. The van der Waals surface area contributed by atoms with Crippen molar-refractivity contribution in [3.8, 4) is 39.3 Å². The van der Waals surface area contributed by atoms with Crippen LogP contribution in [-0.2, 0) is 0 Å². The van der Waals surface area contributed by atoms with Gasteiger partial charge in [-0.2, -0.15) is 0 Å². The average molecular weight is 630 g/mol. The van der Waals surface area contributed by atoms with Crippen LogP contribution >= 0.6 is 11.3 Å². The lowest BCUT2D eigenvalue weighted by molar-refractivity contribution is 1.18. The zero-order valence-electron chi connectivity index (χ0n) is 25.8. The van der Waals surface area contributed by atoms with Gasteiger partial charge in [0.05, 0.1) is 33.5 Å². The standard InChI is InChI=1S/C44H27N3S/c1-2-11-31(12-3-1)47-38-18-8-4-13-33(38)34-26-25-30(27-39(34)47)44-43(45-36-16-6-7-17-37(36)46-44)29-23-21-28(22-24-29)32-15-10-20-41-42(32)35-14-5-9-19-40(35)48-41/h1-27H. The Kier molecular flexibility index (Phi) is 6.05. The molecular formula is C44H27N3S. The average Bonchev–Trinajstić information content (AvgIpc) is 3.70. The molecule has 0 fully saturated rings. The first-order valence-electron chi connectivity index (χ1n) is 16.2. The smallest absolute Gasteiger partial charge is 0.0973 e. The molecule has 0 aliphatic carbocycles. The minimum absolute atomic E-state index is 0.874. The molecule has 0 amide bonds. The number of para-hydroxylation sites is 4. The molecular weight excluding hydrogens is 603 g/mol. The number of benzene rings is 7. The fraction of sp³-hybridized carbons (Fsp3) is 0. The molecule has 48 heavy (non-hydrogen) atoms. The molecule has 0 radical (unpaired) electrons. The Balaban J connectivity index is 1.16. The summed E-state index contributed by atoms with van der Waals surface area (Å²) in [5, 5.41) is 5.08. The molecule has 0 spiro atoms. The number of thiophene rings is 1. The molecule has 0 aliphatic rings. The van der Waals surface area contributed by atoms with Crippen molar-refractivity contribution in [2.45, 2.75) is 0 Å². The van der Waals surface area contributed by atoms with Gasteiger partial charge in [-0.3, -0.25) is 0 Å². The van der Waals surface area contributed by atoms with E-state index in [0.29, 0.717) is 0 Å². The maximum atomic E-state index is 5.26. The van der Waals surface area contributed by atoms with Crippen molar-refractivity contribution in [3.05, 3.63) is 164 Å². The van der Waals surface area contributed by atoms with Crippen molar-refractivity contribution >= 4 is 64.3 Å². The molecule has 4 heteroatoms. The molecule has 0 aliphatic heterocycles. The predicted octanol–water partition coefficient (Wildman–Crippen LogP) is 12.1. The molecule has 0 saturated heterocycles. The minimum atomic E-state index is 0.874. The zero-order valence-corrected chi connectivity index (χ0v) is 26.7. The first kappa shape index (κ1) is 27.1. The summed E-state index contributed by atoms with van der Waals surface area (Å²) >= 11 is 1.85. The number of hydrogen-bond donors (Lipinski definition) is 0. The third-order valence-corrected chi connectivity index (χ3v) is 10.5. The van der Waals surface area contributed by atoms with Crippen molar-refractivity contribution in [1.82, 2.24) is 14.5 Å². The number of nitrogens with zero attached hydrogens (tertiary/aromatic N) is 3. The second-order valence-electron chi connectivity index (χ2n) is 12.2. The molecule has 0 N–H and O–H groups in total. The third-order valence-electron chi connectivity index (χ3n) is 9.40. The molecule has 0 bridgehead atoms. The molecule has 7 aromatic carbocycles. The maximum absolute atomic E-state index is 5.26. The molecule has 0 unspecified atom stereocenters. The van der Waals surface area contributed by atoms with E-state index in [0.717, 1.165) is 44.8 Å². The number of aromatic nitrogens is 3. The van der Waals surface area contributed by atoms with Gasteiger partial charge in [0.25, 0.3) is 0 Å². The Morgan fingerprint density at radius 3 is 1.83 bits per heavy atom. The van der Waals surface area contributed by atoms with Crippen LogP contribution in [0.1, 0.15) is 0 Å². The Bertz CT molecular complexity index is 2830. The summed E-state index contributed by atoms with van der Waals surface area (Å²) in [6.07, 6.45) is 0. The van der Waals surface area contributed by atoms with E-state index in [1.807, 2.05) is 35.6 Å². The number of hydrogen-bond acceptors (Lipinski definition) is 3. The predicted molar refractivity (Wildman–Crippen MR) is 203 cm³/mol. The first-order chi connectivity index (χ1) is 23.8. The topological polar surface area (TPSA) is 30.7 Å². The molecule has 0 atom stereocenters. The van der Waals surface area contributed by atoms with E-state index < -0.39 is 0 Å². The van der Waals surface area contributed by atoms with E-state index in [1.165, 1.54) is 47.6 Å². The molecule has 10 rings (SSSR count). The van der Waals surface area contributed by atoms with E-state index >= 15 is 0 Å². The van der Waals surface area contributed by atoms with Gasteiger partial charge in [-0.05, 0) is 59.7 Å². The summed E-state index contributed by atoms with van der Waals surface area (Å²) < 4.78 is 4.98. The monoisotopic (exact) mass is 629 g/mol. The SMILES string of the molecule is c1ccc(-n2c3ccccc3c3ccc(-c4nc5ccccc5nc4-c4ccc(-c5cccc6sc7ccccc7c56)cc4)cc32)cc1. The van der Waals surface area contributed by atoms with Gasteiger partial charge >= 0.3 is 0 Å². The first-order valence-corrected chi connectivity index (χ1v) is 17.0. The van der Waals surface area contributed by atoms with Crippen LogP contribution in [0.2, 0.25) is 0 Å². The van der Waals surface area contributed by atoms with Crippen LogP contribution in [0.15, 0.2) is 164 Å². The maximum Gasteiger partial charge on any atom is 0.0973 e. The quantitative estimate of drug-likeness (QED) is 0.194. The van der Waals surface area contributed by atoms with E-state index in [1.54, 1.807) is 0 Å². The number of rotatable bonds is 4. The largest absolute Gasteiger partial charge is 0.309 e. The highest BCUT2D eigenvalue weighted by atomic mass is 32.1. The van der Waals surface area contributed by atoms with Gasteiger partial charge in [-0.25, -0.2) is 9.97 Å². The lowest BCUT2D eigenvalue weighted by Crippen LogP contribution is -1.97. The molecule has 3 heterocycles. The van der Waals surface area contributed by atoms with Gasteiger partial charge in [-0.15, -0.1) is 11.3 Å². The summed E-state index contributed by atoms with van der Waals surface area (Å²) in [6, 6.07) is 58.3. The van der Waals surface area contributed by atoms with Crippen LogP contribution in [-0.4, -0.2) is 14.5 Å². The van der Waals surface area contributed by atoms with Crippen LogP contribution < -0.4 is 0 Å². The Labute approximate surface area is 281 Å². The van der Waals surface area contributed by atoms with Crippen molar-refractivity contribution in [2.75, 3.05) is 0 Å². The van der Waals surface area contributed by atoms with Crippen LogP contribution in [0.4, 0.5) is 0 Å². The summed E-state index contributed by atoms with van der Waals surface area (Å²) in [5.74, 6) is 0. The van der Waals surface area contributed by atoms with Crippen LogP contribution in [0.25, 0.3) is 92.3 Å². The molecule has 0 saturated carbocycles. The summed E-state index contributed by atoms with van der Waals surface area (Å²) in [5.41, 5.74) is 11.5. The van der Waals surface area contributed by atoms with Crippen molar-refractivity contribution in [1.29, 1.82) is 0 Å². The van der Waals surface area contributed by atoms with Crippen LogP contribution in [0, 0.1) is 0 Å². The lowest BCUT2D eigenvalue weighted by Gasteiger charge is -2.13. The van der Waals surface area contributed by atoms with Crippen molar-refractivity contribution in [3.63, 3.8) is 0 Å². The Morgan fingerprint density at radius 1 is 0.417 bits per heavy atom. The fourth-order valence-corrected chi connectivity index (χ4v) is 8.33. The summed E-state index contributed by atoms with van der Waals surface area (Å²) in [7, 11) is 0. The van der Waals surface area contributed by atoms with E-state index in [2.05, 4.69) is 144 Å². The van der Waals surface area contributed by atoms with Gasteiger partial charge in [0.2, 0.25) is 0 Å². The van der Waals surface area contributed by atoms with Crippen molar-refractivity contribution in [2.24, 2.45) is 0 Å². The highest BCUT2D eigenvalue weighted by molar-refractivity contribution is 7.25. The van der Waals surface area contributed by atoms with E-state index in [-0.39, 0.29) is 0 Å². The van der Waals surface area contributed by atoms with E-state index in [9.17, 15) is 0 Å². The Hall–Kier alpha value is -6.10. The second-order valence-corrected chi connectivity index (χ2v) is 13.3. The van der Waals surface area contributed by atoms with Crippen LogP contribution in [0.3, 0.4) is 0 Å². The zero-order chi connectivity index (χ0) is 31.6.